The van der Waals surface area contributed by atoms with Crippen molar-refractivity contribution in [3.63, 3.8) is 0 Å². The molecule has 8 nitrogen and oxygen atoms in total. The lowest BCUT2D eigenvalue weighted by molar-refractivity contribution is 0.102. The SMILES string of the molecule is COc1ccccc1Nc1ncccc1C(=O)Nc1n[nH]c(-c2ccccc2Cl)n1. The minimum Gasteiger partial charge on any atom is -0.495 e. The highest BCUT2D eigenvalue weighted by molar-refractivity contribution is 6.33. The number of pyridine rings is 1. The molecule has 0 saturated carbocycles. The lowest BCUT2D eigenvalue weighted by atomic mass is 10.2. The number of methoxy groups -OCH3 is 1. The highest BCUT2D eigenvalue weighted by Crippen LogP contribution is 2.28. The largest absolute Gasteiger partial charge is 0.495 e. The van der Waals surface area contributed by atoms with Crippen LogP contribution in [0.2, 0.25) is 5.02 Å². The number of para-hydroxylation sites is 2. The Hall–Kier alpha value is -3.91. The van der Waals surface area contributed by atoms with Crippen molar-refractivity contribution in [1.29, 1.82) is 0 Å². The summed E-state index contributed by atoms with van der Waals surface area (Å²) in [6, 6.07) is 17.9. The van der Waals surface area contributed by atoms with Gasteiger partial charge in [0.25, 0.3) is 5.91 Å². The van der Waals surface area contributed by atoms with Crippen molar-refractivity contribution in [3.05, 3.63) is 77.4 Å². The number of carbonyl (C=O) groups excluding carboxylic acids is 1. The summed E-state index contributed by atoms with van der Waals surface area (Å²) in [5.41, 5.74) is 1.70. The molecule has 0 bridgehead atoms. The van der Waals surface area contributed by atoms with Gasteiger partial charge in [0.15, 0.2) is 5.82 Å². The Morgan fingerprint density at radius 2 is 1.87 bits per heavy atom. The normalized spacial score (nSPS) is 10.5. The van der Waals surface area contributed by atoms with Crippen molar-refractivity contribution in [2.45, 2.75) is 0 Å². The fourth-order valence-electron chi connectivity index (χ4n) is 2.82. The molecule has 2 heterocycles. The smallest absolute Gasteiger partial charge is 0.261 e. The van der Waals surface area contributed by atoms with Crippen LogP contribution in [0.1, 0.15) is 10.4 Å². The van der Waals surface area contributed by atoms with Crippen molar-refractivity contribution >= 4 is 35.0 Å². The van der Waals surface area contributed by atoms with E-state index in [-0.39, 0.29) is 5.95 Å². The van der Waals surface area contributed by atoms with Crippen LogP contribution in [-0.4, -0.2) is 33.2 Å². The van der Waals surface area contributed by atoms with E-state index in [1.807, 2.05) is 42.5 Å². The first-order valence-corrected chi connectivity index (χ1v) is 9.37. The number of nitrogens with zero attached hydrogens (tertiary/aromatic N) is 3. The van der Waals surface area contributed by atoms with Gasteiger partial charge in [-0.3, -0.25) is 15.2 Å². The minimum absolute atomic E-state index is 0.127. The third-order valence-corrected chi connectivity index (χ3v) is 4.58. The Morgan fingerprint density at radius 1 is 1.07 bits per heavy atom. The second-order valence-electron chi connectivity index (χ2n) is 6.17. The maximum atomic E-state index is 12.8. The van der Waals surface area contributed by atoms with E-state index in [0.29, 0.717) is 39.2 Å². The Bertz CT molecular complexity index is 1190. The van der Waals surface area contributed by atoms with Crippen molar-refractivity contribution < 1.29 is 9.53 Å². The van der Waals surface area contributed by atoms with Gasteiger partial charge in [0.1, 0.15) is 11.6 Å². The molecule has 150 valence electrons. The van der Waals surface area contributed by atoms with Crippen LogP contribution in [-0.2, 0) is 0 Å². The van der Waals surface area contributed by atoms with Crippen molar-refractivity contribution in [2.75, 3.05) is 17.7 Å². The number of amides is 1. The van der Waals surface area contributed by atoms with Gasteiger partial charge in [-0.1, -0.05) is 35.9 Å². The maximum Gasteiger partial charge on any atom is 0.261 e. The number of hydrogen-bond acceptors (Lipinski definition) is 6. The molecule has 0 saturated heterocycles. The monoisotopic (exact) mass is 420 g/mol. The fraction of sp³-hybridized carbons (Fsp3) is 0.0476. The first kappa shape index (κ1) is 19.4. The van der Waals surface area contributed by atoms with Gasteiger partial charge in [-0.15, -0.1) is 5.10 Å². The first-order valence-electron chi connectivity index (χ1n) is 8.99. The molecular formula is C21H17ClN6O2. The van der Waals surface area contributed by atoms with Gasteiger partial charge in [0, 0.05) is 11.8 Å². The van der Waals surface area contributed by atoms with Crippen molar-refractivity contribution in [3.8, 4) is 17.1 Å². The zero-order valence-electron chi connectivity index (χ0n) is 15.9. The Balaban J connectivity index is 1.56. The molecular weight excluding hydrogens is 404 g/mol. The Morgan fingerprint density at radius 3 is 2.70 bits per heavy atom. The topological polar surface area (TPSA) is 105 Å². The lowest BCUT2D eigenvalue weighted by Crippen LogP contribution is -2.15. The van der Waals surface area contributed by atoms with Crippen LogP contribution in [0.3, 0.4) is 0 Å². The zero-order valence-corrected chi connectivity index (χ0v) is 16.6. The van der Waals surface area contributed by atoms with E-state index < -0.39 is 5.91 Å². The van der Waals surface area contributed by atoms with Gasteiger partial charge >= 0.3 is 0 Å². The van der Waals surface area contributed by atoms with E-state index in [9.17, 15) is 4.79 Å². The van der Waals surface area contributed by atoms with Crippen molar-refractivity contribution in [2.24, 2.45) is 0 Å². The van der Waals surface area contributed by atoms with Crippen LogP contribution in [0.15, 0.2) is 66.9 Å². The van der Waals surface area contributed by atoms with Crippen LogP contribution in [0.5, 0.6) is 5.75 Å². The summed E-state index contributed by atoms with van der Waals surface area (Å²) in [4.78, 5) is 21.4. The third kappa shape index (κ3) is 4.08. The molecule has 0 radical (unpaired) electrons. The predicted molar refractivity (Wildman–Crippen MR) is 115 cm³/mol. The van der Waals surface area contributed by atoms with E-state index in [2.05, 4.69) is 30.8 Å². The number of anilines is 3. The number of carbonyl (C=O) groups is 1. The summed E-state index contributed by atoms with van der Waals surface area (Å²) in [5, 5.41) is 13.2. The predicted octanol–water partition coefficient (Wildman–Crippen LogP) is 4.52. The van der Waals surface area contributed by atoms with E-state index >= 15 is 0 Å². The van der Waals surface area contributed by atoms with Gasteiger partial charge in [-0.25, -0.2) is 4.98 Å². The molecule has 0 atom stereocenters. The number of aromatic amines is 1. The van der Waals surface area contributed by atoms with Gasteiger partial charge in [0.2, 0.25) is 5.95 Å². The number of rotatable bonds is 6. The molecule has 30 heavy (non-hydrogen) atoms. The summed E-state index contributed by atoms with van der Waals surface area (Å²) in [5.74, 6) is 1.18. The van der Waals surface area contributed by atoms with Crippen LogP contribution in [0, 0.1) is 0 Å². The number of H-pyrrole nitrogens is 1. The lowest BCUT2D eigenvalue weighted by Gasteiger charge is -2.12. The van der Waals surface area contributed by atoms with E-state index in [1.165, 1.54) is 0 Å². The van der Waals surface area contributed by atoms with Crippen LogP contribution >= 0.6 is 11.6 Å². The number of halogens is 1. The molecule has 9 heteroatoms. The Kier molecular flexibility index (Phi) is 5.58. The molecule has 4 rings (SSSR count). The van der Waals surface area contributed by atoms with Gasteiger partial charge in [0.05, 0.1) is 23.4 Å². The molecule has 0 aliphatic rings. The molecule has 4 aromatic rings. The number of hydrogen-bond donors (Lipinski definition) is 3. The summed E-state index contributed by atoms with van der Waals surface area (Å²) in [6.45, 7) is 0. The van der Waals surface area contributed by atoms with Crippen molar-refractivity contribution in [1.82, 2.24) is 20.2 Å². The van der Waals surface area contributed by atoms with E-state index in [1.54, 1.807) is 31.5 Å². The molecule has 0 unspecified atom stereocenters. The molecule has 1 amide bonds. The first-order chi connectivity index (χ1) is 14.7. The molecule has 0 aliphatic heterocycles. The molecule has 0 spiro atoms. The van der Waals surface area contributed by atoms with E-state index in [4.69, 9.17) is 16.3 Å². The van der Waals surface area contributed by atoms with Crippen LogP contribution in [0.25, 0.3) is 11.4 Å². The van der Waals surface area contributed by atoms with Gasteiger partial charge in [-0.2, -0.15) is 4.98 Å². The summed E-state index contributed by atoms with van der Waals surface area (Å²) in [6.07, 6.45) is 1.59. The van der Waals surface area contributed by atoms with E-state index in [0.717, 1.165) is 0 Å². The average molecular weight is 421 g/mol. The second kappa shape index (κ2) is 8.62. The van der Waals surface area contributed by atoms with Gasteiger partial charge in [-0.05, 0) is 36.4 Å². The summed E-state index contributed by atoms with van der Waals surface area (Å²) in [7, 11) is 1.58. The fourth-order valence-corrected chi connectivity index (χ4v) is 3.05. The minimum atomic E-state index is -0.412. The quantitative estimate of drug-likeness (QED) is 0.423. The van der Waals surface area contributed by atoms with Crippen LogP contribution in [0.4, 0.5) is 17.5 Å². The maximum absolute atomic E-state index is 12.8. The third-order valence-electron chi connectivity index (χ3n) is 4.25. The highest BCUT2D eigenvalue weighted by atomic mass is 35.5. The number of nitrogens with one attached hydrogen (secondary N) is 3. The number of benzene rings is 2. The molecule has 0 aliphatic carbocycles. The highest BCUT2D eigenvalue weighted by Gasteiger charge is 2.17. The van der Waals surface area contributed by atoms with Gasteiger partial charge < -0.3 is 10.1 Å². The standard InChI is InChI=1S/C21H17ClN6O2/c1-30-17-11-5-4-10-16(17)24-18-14(8-6-12-23-18)20(29)26-21-25-19(27-28-21)13-7-2-3-9-15(13)22/h2-12H,1H3,(H,23,24)(H2,25,26,27,28,29). The molecule has 3 N–H and O–H groups in total. The molecule has 2 aromatic heterocycles. The van der Waals surface area contributed by atoms with Crippen LogP contribution < -0.4 is 15.4 Å². The number of aromatic nitrogens is 4. The molecule has 2 aromatic carbocycles. The number of ether oxygens (including phenoxy) is 1. The summed E-state index contributed by atoms with van der Waals surface area (Å²) >= 11 is 6.19. The zero-order chi connectivity index (χ0) is 20.9. The Labute approximate surface area is 177 Å². The molecule has 0 fully saturated rings. The summed E-state index contributed by atoms with van der Waals surface area (Å²) < 4.78 is 5.34. The average Bonchev–Trinajstić information content (AvgIpc) is 3.23. The second-order valence-corrected chi connectivity index (χ2v) is 6.57.